The highest BCUT2D eigenvalue weighted by atomic mass is 16.4. The van der Waals surface area contributed by atoms with Crippen molar-refractivity contribution in [2.45, 2.75) is 19.9 Å². The molecule has 18 heavy (non-hydrogen) atoms. The van der Waals surface area contributed by atoms with Gasteiger partial charge in [0.1, 0.15) is 0 Å². The lowest BCUT2D eigenvalue weighted by Gasteiger charge is -2.40. The number of aryl methyl sites for hydroxylation is 1. The molecule has 0 radical (unpaired) electrons. The Kier molecular flexibility index (Phi) is 3.57. The van der Waals surface area contributed by atoms with Gasteiger partial charge in [-0.3, -0.25) is 0 Å². The lowest BCUT2D eigenvalue weighted by molar-refractivity contribution is 0.0697. The maximum Gasteiger partial charge on any atom is 0.337 e. The minimum absolute atomic E-state index is 0.337. The second kappa shape index (κ2) is 4.98. The van der Waals surface area contributed by atoms with Crippen LogP contribution < -0.4 is 4.90 Å². The number of piperazine rings is 1. The number of aromatic carboxylic acids is 1. The smallest absolute Gasteiger partial charge is 0.337 e. The first-order chi connectivity index (χ1) is 8.49. The fourth-order valence-corrected chi connectivity index (χ4v) is 2.56. The summed E-state index contributed by atoms with van der Waals surface area (Å²) in [6.07, 6.45) is 0. The molecule has 98 valence electrons. The van der Waals surface area contributed by atoms with Gasteiger partial charge in [0.2, 0.25) is 0 Å². The molecule has 1 aliphatic rings. The van der Waals surface area contributed by atoms with Crippen LogP contribution in [0, 0.1) is 6.92 Å². The molecule has 0 bridgehead atoms. The van der Waals surface area contributed by atoms with Crippen molar-refractivity contribution in [1.29, 1.82) is 0 Å². The lowest BCUT2D eigenvalue weighted by atomic mass is 10.1. The quantitative estimate of drug-likeness (QED) is 0.867. The highest BCUT2D eigenvalue weighted by Gasteiger charge is 2.25. The van der Waals surface area contributed by atoms with Crippen LogP contribution in [-0.2, 0) is 0 Å². The Labute approximate surface area is 108 Å². The molecule has 0 spiro atoms. The van der Waals surface area contributed by atoms with Crippen LogP contribution in [0.4, 0.5) is 5.69 Å². The molecular formula is C14H20N2O2. The first-order valence-electron chi connectivity index (χ1n) is 6.28. The maximum absolute atomic E-state index is 11.3. The number of nitrogens with zero attached hydrogens (tertiary/aromatic N) is 2. The Morgan fingerprint density at radius 1 is 1.39 bits per heavy atom. The number of hydrogen-bond donors (Lipinski definition) is 1. The van der Waals surface area contributed by atoms with Crippen molar-refractivity contribution >= 4 is 11.7 Å². The van der Waals surface area contributed by atoms with E-state index < -0.39 is 5.97 Å². The minimum atomic E-state index is -0.851. The molecule has 1 aromatic carbocycles. The molecule has 1 atom stereocenters. The van der Waals surface area contributed by atoms with E-state index in [1.54, 1.807) is 6.07 Å². The molecule has 1 heterocycles. The molecular weight excluding hydrogens is 228 g/mol. The van der Waals surface area contributed by atoms with Gasteiger partial charge in [0.25, 0.3) is 0 Å². The van der Waals surface area contributed by atoms with Crippen LogP contribution >= 0.6 is 0 Å². The molecule has 0 aromatic heterocycles. The first-order valence-corrected chi connectivity index (χ1v) is 6.28. The van der Waals surface area contributed by atoms with Crippen molar-refractivity contribution in [3.63, 3.8) is 0 Å². The number of carboxylic acid groups (broad SMARTS) is 1. The van der Waals surface area contributed by atoms with Crippen molar-refractivity contribution in [2.75, 3.05) is 31.6 Å². The summed E-state index contributed by atoms with van der Waals surface area (Å²) in [4.78, 5) is 15.8. The number of rotatable bonds is 2. The predicted molar refractivity (Wildman–Crippen MR) is 72.4 cm³/mol. The Bertz CT molecular complexity index is 459. The van der Waals surface area contributed by atoms with Crippen LogP contribution in [0.3, 0.4) is 0 Å². The molecule has 1 aliphatic heterocycles. The van der Waals surface area contributed by atoms with Gasteiger partial charge in [0.15, 0.2) is 0 Å². The zero-order valence-corrected chi connectivity index (χ0v) is 11.2. The van der Waals surface area contributed by atoms with Gasteiger partial charge in [0.05, 0.1) is 11.3 Å². The fraction of sp³-hybridized carbons (Fsp3) is 0.500. The average molecular weight is 248 g/mol. The fourth-order valence-electron chi connectivity index (χ4n) is 2.56. The zero-order chi connectivity index (χ0) is 13.3. The Morgan fingerprint density at radius 2 is 2.11 bits per heavy atom. The molecule has 4 heteroatoms. The Hall–Kier alpha value is -1.55. The number of hydrogen-bond acceptors (Lipinski definition) is 3. The van der Waals surface area contributed by atoms with Crippen molar-refractivity contribution in [3.05, 3.63) is 29.3 Å². The maximum atomic E-state index is 11.3. The zero-order valence-electron chi connectivity index (χ0n) is 11.2. The van der Waals surface area contributed by atoms with E-state index in [-0.39, 0.29) is 0 Å². The van der Waals surface area contributed by atoms with E-state index in [1.165, 1.54) is 0 Å². The molecule has 0 aliphatic carbocycles. The number of likely N-dealkylation sites (N-methyl/N-ethyl adjacent to an activating group) is 1. The lowest BCUT2D eigenvalue weighted by Crippen LogP contribution is -2.51. The second-order valence-electron chi connectivity index (χ2n) is 5.13. The summed E-state index contributed by atoms with van der Waals surface area (Å²) in [7, 11) is 2.10. The monoisotopic (exact) mass is 248 g/mol. The predicted octanol–water partition coefficient (Wildman–Crippen LogP) is 1.83. The van der Waals surface area contributed by atoms with E-state index in [4.69, 9.17) is 0 Å². The summed E-state index contributed by atoms with van der Waals surface area (Å²) in [6, 6.07) is 5.88. The number of carboxylic acids is 1. The van der Waals surface area contributed by atoms with Crippen LogP contribution in [0.15, 0.2) is 18.2 Å². The van der Waals surface area contributed by atoms with Crippen LogP contribution in [0.2, 0.25) is 0 Å². The van der Waals surface area contributed by atoms with Crippen LogP contribution in [0.5, 0.6) is 0 Å². The van der Waals surface area contributed by atoms with Gasteiger partial charge in [-0.2, -0.15) is 0 Å². The van der Waals surface area contributed by atoms with Gasteiger partial charge in [0, 0.05) is 25.7 Å². The summed E-state index contributed by atoms with van der Waals surface area (Å²) < 4.78 is 0. The molecule has 4 nitrogen and oxygen atoms in total. The summed E-state index contributed by atoms with van der Waals surface area (Å²) in [5.41, 5.74) is 2.35. The molecule has 0 saturated carbocycles. The van der Waals surface area contributed by atoms with Crippen molar-refractivity contribution in [3.8, 4) is 0 Å². The number of anilines is 1. The van der Waals surface area contributed by atoms with Gasteiger partial charge in [-0.15, -0.1) is 0 Å². The number of benzene rings is 1. The van der Waals surface area contributed by atoms with E-state index in [0.717, 1.165) is 30.9 Å². The topological polar surface area (TPSA) is 43.8 Å². The summed E-state index contributed by atoms with van der Waals surface area (Å²) in [5.74, 6) is -0.851. The third kappa shape index (κ3) is 2.48. The van der Waals surface area contributed by atoms with Gasteiger partial charge in [-0.1, -0.05) is 6.07 Å². The molecule has 2 rings (SSSR count). The highest BCUT2D eigenvalue weighted by Crippen LogP contribution is 2.26. The number of carbonyl (C=O) groups is 1. The van der Waals surface area contributed by atoms with Crippen LogP contribution in [-0.4, -0.2) is 48.7 Å². The third-order valence-electron chi connectivity index (χ3n) is 3.52. The minimum Gasteiger partial charge on any atom is -0.478 e. The molecule has 1 saturated heterocycles. The van der Waals surface area contributed by atoms with E-state index in [1.807, 2.05) is 19.1 Å². The van der Waals surface area contributed by atoms with Crippen molar-refractivity contribution < 1.29 is 9.90 Å². The van der Waals surface area contributed by atoms with E-state index in [9.17, 15) is 9.90 Å². The molecule has 1 aromatic rings. The second-order valence-corrected chi connectivity index (χ2v) is 5.13. The SMILES string of the molecule is Cc1ccc(C(=O)O)c(N2CCN(C)CC2C)c1. The van der Waals surface area contributed by atoms with Gasteiger partial charge >= 0.3 is 5.97 Å². The molecule has 0 amide bonds. The summed E-state index contributed by atoms with van der Waals surface area (Å²) >= 11 is 0. The molecule has 1 fully saturated rings. The largest absolute Gasteiger partial charge is 0.478 e. The van der Waals surface area contributed by atoms with Crippen molar-refractivity contribution in [2.24, 2.45) is 0 Å². The van der Waals surface area contributed by atoms with E-state index in [0.29, 0.717) is 11.6 Å². The standard InChI is InChI=1S/C14H20N2O2/c1-10-4-5-12(14(17)18)13(8-10)16-7-6-15(3)9-11(16)2/h4-5,8,11H,6-7,9H2,1-3H3,(H,17,18). The van der Waals surface area contributed by atoms with E-state index in [2.05, 4.69) is 23.8 Å². The summed E-state index contributed by atoms with van der Waals surface area (Å²) in [5, 5.41) is 9.29. The third-order valence-corrected chi connectivity index (χ3v) is 3.52. The average Bonchev–Trinajstić information content (AvgIpc) is 2.28. The Morgan fingerprint density at radius 3 is 2.72 bits per heavy atom. The summed E-state index contributed by atoms with van der Waals surface area (Å²) in [6.45, 7) is 6.95. The molecule has 1 unspecified atom stereocenters. The van der Waals surface area contributed by atoms with Crippen LogP contribution in [0.25, 0.3) is 0 Å². The normalized spacial score (nSPS) is 21.1. The van der Waals surface area contributed by atoms with E-state index >= 15 is 0 Å². The highest BCUT2D eigenvalue weighted by molar-refractivity contribution is 5.94. The molecule has 1 N–H and O–H groups in total. The Balaban J connectivity index is 2.37. The van der Waals surface area contributed by atoms with Gasteiger partial charge in [-0.25, -0.2) is 4.79 Å². The van der Waals surface area contributed by atoms with Crippen molar-refractivity contribution in [1.82, 2.24) is 4.90 Å². The first kappa shape index (κ1) is 12.9. The van der Waals surface area contributed by atoms with Gasteiger partial charge in [-0.05, 0) is 38.6 Å². The van der Waals surface area contributed by atoms with Crippen LogP contribution in [0.1, 0.15) is 22.8 Å². The van der Waals surface area contributed by atoms with Gasteiger partial charge < -0.3 is 14.9 Å².